The molecule has 0 aliphatic carbocycles. The number of nitro benzene ring substituents is 1. The summed E-state index contributed by atoms with van der Waals surface area (Å²) in [6.07, 6.45) is 0.642. The van der Waals surface area contributed by atoms with Crippen molar-refractivity contribution in [3.8, 4) is 0 Å². The lowest BCUT2D eigenvalue weighted by Crippen LogP contribution is -2.47. The number of nitrogens with zero attached hydrogens (tertiary/aromatic N) is 5. The first-order valence-corrected chi connectivity index (χ1v) is 10.8. The number of nitrogens with one attached hydrogen (secondary N) is 1. The number of carbonyl (C=O) groups is 5. The molecule has 184 valence electrons. The van der Waals surface area contributed by atoms with E-state index in [0.717, 1.165) is 4.90 Å². The van der Waals surface area contributed by atoms with Crippen LogP contribution in [0.15, 0.2) is 16.8 Å². The van der Waals surface area contributed by atoms with Gasteiger partial charge in [-0.15, -0.1) is 5.06 Å². The number of rotatable bonds is 10. The summed E-state index contributed by atoms with van der Waals surface area (Å²) in [6, 6.07) is 1.47. The van der Waals surface area contributed by atoms with Crippen molar-refractivity contribution in [2.45, 2.75) is 51.0 Å². The number of aromatic nitrogens is 2. The zero-order valence-electron chi connectivity index (χ0n) is 18.3. The van der Waals surface area contributed by atoms with E-state index in [9.17, 15) is 34.1 Å². The van der Waals surface area contributed by atoms with Crippen molar-refractivity contribution >= 4 is 52.0 Å². The topological polar surface area (TPSA) is 195 Å². The lowest BCUT2D eigenvalue weighted by atomic mass is 10.1. The average Bonchev–Trinajstić information content (AvgIpc) is 3.52. The molecule has 35 heavy (non-hydrogen) atoms. The Morgan fingerprint density at radius 3 is 2.31 bits per heavy atom. The molecule has 4 amide bonds. The second-order valence-corrected chi connectivity index (χ2v) is 7.94. The van der Waals surface area contributed by atoms with Gasteiger partial charge in [0, 0.05) is 38.3 Å². The zero-order valence-corrected chi connectivity index (χ0v) is 18.3. The first kappa shape index (κ1) is 23.7. The average molecular weight is 488 g/mol. The van der Waals surface area contributed by atoms with Gasteiger partial charge in [-0.1, -0.05) is 0 Å². The third-order valence-electron chi connectivity index (χ3n) is 5.67. The molecule has 1 N–H and O–H groups in total. The summed E-state index contributed by atoms with van der Waals surface area (Å²) in [7, 11) is 0. The van der Waals surface area contributed by atoms with Crippen LogP contribution in [0.1, 0.15) is 44.9 Å². The molecule has 1 unspecified atom stereocenters. The molecule has 1 aromatic heterocycles. The van der Waals surface area contributed by atoms with E-state index in [4.69, 9.17) is 4.84 Å². The lowest BCUT2D eigenvalue weighted by molar-refractivity contribution is -0.383. The molecule has 1 atom stereocenters. The maximum absolute atomic E-state index is 12.7. The van der Waals surface area contributed by atoms with Gasteiger partial charge in [0.15, 0.2) is 5.52 Å². The van der Waals surface area contributed by atoms with Gasteiger partial charge in [-0.05, 0) is 35.6 Å². The maximum Gasteiger partial charge on any atom is 0.355 e. The van der Waals surface area contributed by atoms with Crippen molar-refractivity contribution < 1.29 is 38.4 Å². The van der Waals surface area contributed by atoms with Gasteiger partial charge in [0.25, 0.3) is 11.8 Å². The molecule has 2 aliphatic rings. The van der Waals surface area contributed by atoms with E-state index in [2.05, 4.69) is 20.3 Å². The third kappa shape index (κ3) is 4.78. The lowest BCUT2D eigenvalue weighted by Gasteiger charge is -2.25. The fourth-order valence-electron chi connectivity index (χ4n) is 3.93. The predicted octanol–water partition coefficient (Wildman–Crippen LogP) is 0.838. The van der Waals surface area contributed by atoms with Crippen molar-refractivity contribution in [1.82, 2.24) is 20.3 Å². The van der Waals surface area contributed by atoms with Crippen molar-refractivity contribution in [3.05, 3.63) is 22.2 Å². The van der Waals surface area contributed by atoms with E-state index in [1.165, 1.54) is 12.1 Å². The summed E-state index contributed by atoms with van der Waals surface area (Å²) in [5, 5.41) is 21.8. The molecular formula is C20H20N6O9. The van der Waals surface area contributed by atoms with Crippen molar-refractivity contribution in [1.29, 1.82) is 0 Å². The third-order valence-corrected chi connectivity index (χ3v) is 5.67. The summed E-state index contributed by atoms with van der Waals surface area (Å²) in [5.74, 6) is -3.41. The van der Waals surface area contributed by atoms with Crippen LogP contribution in [-0.2, 0) is 28.8 Å². The molecule has 15 heteroatoms. The standard InChI is InChI=1S/C20H20N6O9/c27-14-6-7-15(28)24(14)13(20(31)34-25-16(29)8-9-17(25)30)3-1-2-10-21-11-4-5-12(26(32)33)19-18(11)22-35-23-19/h4-5,13,21H,1-3,6-10H2. The number of hydrogen-bond acceptors (Lipinski definition) is 12. The highest BCUT2D eigenvalue weighted by atomic mass is 16.7. The first-order chi connectivity index (χ1) is 16.8. The van der Waals surface area contributed by atoms with E-state index >= 15 is 0 Å². The summed E-state index contributed by atoms with van der Waals surface area (Å²) >= 11 is 0. The van der Waals surface area contributed by atoms with Gasteiger partial charge < -0.3 is 10.2 Å². The Balaban J connectivity index is 1.37. The fraction of sp³-hybridized carbons (Fsp3) is 0.450. The van der Waals surface area contributed by atoms with Gasteiger partial charge in [0.2, 0.25) is 17.3 Å². The Labute approximate surface area is 196 Å². The minimum absolute atomic E-state index is 0.000116. The number of anilines is 1. The van der Waals surface area contributed by atoms with Gasteiger partial charge in [-0.3, -0.25) is 34.2 Å². The second kappa shape index (κ2) is 9.82. The number of likely N-dealkylation sites (tertiary alicyclic amines) is 1. The minimum Gasteiger partial charge on any atom is -0.383 e. The van der Waals surface area contributed by atoms with Crippen LogP contribution >= 0.6 is 0 Å². The zero-order chi connectivity index (χ0) is 25.1. The summed E-state index contributed by atoms with van der Waals surface area (Å²) < 4.78 is 4.61. The molecule has 0 spiro atoms. The van der Waals surface area contributed by atoms with Gasteiger partial charge >= 0.3 is 11.7 Å². The van der Waals surface area contributed by atoms with Gasteiger partial charge in [0.1, 0.15) is 6.04 Å². The van der Waals surface area contributed by atoms with Crippen LogP contribution in [0.3, 0.4) is 0 Å². The summed E-state index contributed by atoms with van der Waals surface area (Å²) in [6.45, 7) is 0.354. The van der Waals surface area contributed by atoms with Crippen LogP contribution < -0.4 is 5.32 Å². The molecule has 0 bridgehead atoms. The highest BCUT2D eigenvalue weighted by Crippen LogP contribution is 2.29. The van der Waals surface area contributed by atoms with Gasteiger partial charge in [0.05, 0.1) is 10.6 Å². The Hall–Kier alpha value is -4.43. The number of hydroxylamine groups is 2. The highest BCUT2D eigenvalue weighted by molar-refractivity contribution is 6.06. The molecular weight excluding hydrogens is 468 g/mol. The quantitative estimate of drug-likeness (QED) is 0.214. The SMILES string of the molecule is O=C(ON1C(=O)CCC1=O)C(CCCCNc1ccc([N+](=O)[O-])c2nonc12)N1C(=O)CCC1=O. The van der Waals surface area contributed by atoms with E-state index in [1.54, 1.807) is 0 Å². The maximum atomic E-state index is 12.7. The Bertz CT molecular complexity index is 1190. The minimum atomic E-state index is -1.27. The number of carbonyl (C=O) groups excluding carboxylic acids is 5. The molecule has 4 rings (SSSR count). The molecule has 2 fully saturated rings. The Morgan fingerprint density at radius 1 is 1.03 bits per heavy atom. The first-order valence-electron chi connectivity index (χ1n) is 10.8. The number of hydrogen-bond donors (Lipinski definition) is 1. The number of amides is 4. The number of non-ortho nitro benzene ring substituents is 1. The van der Waals surface area contributed by atoms with E-state index < -0.39 is 40.6 Å². The number of fused-ring (bicyclic) bond motifs is 1. The summed E-state index contributed by atoms with van der Waals surface area (Å²) in [4.78, 5) is 77.0. The van der Waals surface area contributed by atoms with E-state index in [-0.39, 0.29) is 48.8 Å². The van der Waals surface area contributed by atoms with Crippen LogP contribution in [-0.4, -0.2) is 67.4 Å². The van der Waals surface area contributed by atoms with Gasteiger partial charge in [-0.25, -0.2) is 9.42 Å². The smallest absolute Gasteiger partial charge is 0.355 e. The molecule has 15 nitrogen and oxygen atoms in total. The van der Waals surface area contributed by atoms with Crippen LogP contribution in [0.25, 0.3) is 11.0 Å². The number of benzene rings is 1. The Kier molecular flexibility index (Phi) is 6.66. The van der Waals surface area contributed by atoms with E-state index in [1.807, 2.05) is 0 Å². The number of imide groups is 2. The van der Waals surface area contributed by atoms with Gasteiger partial charge in [-0.2, -0.15) is 0 Å². The number of nitro groups is 1. The number of unbranched alkanes of at least 4 members (excludes halogenated alkanes) is 1. The molecule has 2 aliphatic heterocycles. The van der Waals surface area contributed by atoms with Crippen LogP contribution in [0.2, 0.25) is 0 Å². The second-order valence-electron chi connectivity index (χ2n) is 7.94. The fourth-order valence-corrected chi connectivity index (χ4v) is 3.93. The molecule has 3 heterocycles. The van der Waals surface area contributed by atoms with Crippen molar-refractivity contribution in [2.24, 2.45) is 0 Å². The van der Waals surface area contributed by atoms with Crippen LogP contribution in [0.5, 0.6) is 0 Å². The Morgan fingerprint density at radius 2 is 1.66 bits per heavy atom. The molecule has 0 saturated carbocycles. The molecule has 0 radical (unpaired) electrons. The van der Waals surface area contributed by atoms with E-state index in [0.29, 0.717) is 30.1 Å². The normalized spacial score (nSPS) is 16.9. The monoisotopic (exact) mass is 488 g/mol. The van der Waals surface area contributed by atoms with Crippen LogP contribution in [0.4, 0.5) is 11.4 Å². The largest absolute Gasteiger partial charge is 0.383 e. The molecule has 1 aromatic carbocycles. The molecule has 2 aromatic rings. The summed E-state index contributed by atoms with van der Waals surface area (Å²) in [5.41, 5.74) is 0.399. The predicted molar refractivity (Wildman–Crippen MR) is 113 cm³/mol. The van der Waals surface area contributed by atoms with Crippen molar-refractivity contribution in [3.63, 3.8) is 0 Å². The van der Waals surface area contributed by atoms with Crippen molar-refractivity contribution in [2.75, 3.05) is 11.9 Å². The van der Waals surface area contributed by atoms with Crippen LogP contribution in [0, 0.1) is 10.1 Å². The highest BCUT2D eigenvalue weighted by Gasteiger charge is 2.42. The molecule has 2 saturated heterocycles.